The summed E-state index contributed by atoms with van der Waals surface area (Å²) in [5.74, 6) is 0.525. The van der Waals surface area contributed by atoms with E-state index in [-0.39, 0.29) is 11.9 Å². The minimum absolute atomic E-state index is 0.0265. The van der Waals surface area contributed by atoms with Gasteiger partial charge in [-0.1, -0.05) is 12.1 Å². The Labute approximate surface area is 114 Å². The van der Waals surface area contributed by atoms with E-state index in [1.54, 1.807) is 19.2 Å². The number of ketones is 1. The summed E-state index contributed by atoms with van der Waals surface area (Å²) in [6, 6.07) is 6.73. The number of ether oxygens (including phenoxy) is 2. The molecule has 4 nitrogen and oxygen atoms in total. The van der Waals surface area contributed by atoms with E-state index in [2.05, 4.69) is 0 Å². The van der Waals surface area contributed by atoms with E-state index >= 15 is 0 Å². The van der Waals surface area contributed by atoms with Gasteiger partial charge < -0.3 is 15.2 Å². The Morgan fingerprint density at radius 3 is 2.63 bits per heavy atom. The van der Waals surface area contributed by atoms with Gasteiger partial charge in [0.1, 0.15) is 5.75 Å². The average Bonchev–Trinajstić information content (AvgIpc) is 2.38. The van der Waals surface area contributed by atoms with E-state index in [4.69, 9.17) is 15.2 Å². The summed E-state index contributed by atoms with van der Waals surface area (Å²) in [5.41, 5.74) is 6.49. The lowest BCUT2D eigenvalue weighted by atomic mass is 10.0. The number of carbonyl (C=O) groups excluding carboxylic acids is 1. The van der Waals surface area contributed by atoms with Gasteiger partial charge in [0.15, 0.2) is 5.78 Å². The number of hydrogen-bond donors (Lipinski definition) is 1. The van der Waals surface area contributed by atoms with Crippen molar-refractivity contribution in [3.8, 4) is 5.75 Å². The van der Waals surface area contributed by atoms with Crippen molar-refractivity contribution < 1.29 is 14.3 Å². The molecular formula is C15H23NO3. The van der Waals surface area contributed by atoms with E-state index in [1.807, 2.05) is 26.0 Å². The van der Waals surface area contributed by atoms with Gasteiger partial charge in [-0.25, -0.2) is 0 Å². The Hall–Kier alpha value is -1.39. The van der Waals surface area contributed by atoms with E-state index < -0.39 is 6.04 Å². The zero-order chi connectivity index (χ0) is 14.3. The molecule has 0 saturated heterocycles. The molecule has 1 atom stereocenters. The van der Waals surface area contributed by atoms with E-state index in [0.29, 0.717) is 24.3 Å². The summed E-state index contributed by atoms with van der Waals surface area (Å²) in [4.78, 5) is 12.3. The maximum absolute atomic E-state index is 12.3. The zero-order valence-corrected chi connectivity index (χ0v) is 11.9. The SMILES string of the molecule is COCCCC(N)C(=O)c1ccccc1OC(C)C. The van der Waals surface area contributed by atoms with Crippen molar-refractivity contribution in [1.82, 2.24) is 0 Å². The molecular weight excluding hydrogens is 242 g/mol. The molecule has 1 aromatic rings. The fourth-order valence-corrected chi connectivity index (χ4v) is 1.81. The fourth-order valence-electron chi connectivity index (χ4n) is 1.81. The first-order chi connectivity index (χ1) is 9.06. The van der Waals surface area contributed by atoms with Crippen LogP contribution in [-0.2, 0) is 4.74 Å². The number of hydrogen-bond acceptors (Lipinski definition) is 4. The summed E-state index contributed by atoms with van der Waals surface area (Å²) in [6.45, 7) is 4.48. The van der Waals surface area contributed by atoms with Gasteiger partial charge in [0, 0.05) is 13.7 Å². The first kappa shape index (κ1) is 15.7. The normalized spacial score (nSPS) is 12.5. The zero-order valence-electron chi connectivity index (χ0n) is 11.9. The molecule has 0 aliphatic carbocycles. The van der Waals surface area contributed by atoms with Crippen molar-refractivity contribution in [3.63, 3.8) is 0 Å². The largest absolute Gasteiger partial charge is 0.490 e. The van der Waals surface area contributed by atoms with Crippen molar-refractivity contribution in [2.75, 3.05) is 13.7 Å². The van der Waals surface area contributed by atoms with Crippen LogP contribution in [0.5, 0.6) is 5.75 Å². The molecule has 0 bridgehead atoms. The second-order valence-electron chi connectivity index (χ2n) is 4.77. The van der Waals surface area contributed by atoms with E-state index in [1.165, 1.54) is 0 Å². The monoisotopic (exact) mass is 265 g/mol. The summed E-state index contributed by atoms with van der Waals surface area (Å²) in [6.07, 6.45) is 1.41. The molecule has 0 saturated carbocycles. The van der Waals surface area contributed by atoms with Crippen LogP contribution in [0.3, 0.4) is 0 Å². The number of para-hydroxylation sites is 1. The number of nitrogens with two attached hydrogens (primary N) is 1. The molecule has 0 aromatic heterocycles. The first-order valence-corrected chi connectivity index (χ1v) is 6.60. The standard InChI is InChI=1S/C15H23NO3/c1-11(2)19-14-9-5-4-7-12(14)15(17)13(16)8-6-10-18-3/h4-5,7,9,11,13H,6,8,10,16H2,1-3H3. The Kier molecular flexibility index (Phi) is 6.53. The second kappa shape index (κ2) is 7.92. The predicted octanol–water partition coefficient (Wildman–Crippen LogP) is 2.41. The Morgan fingerprint density at radius 2 is 2.00 bits per heavy atom. The van der Waals surface area contributed by atoms with E-state index in [9.17, 15) is 4.79 Å². The van der Waals surface area contributed by atoms with Crippen LogP contribution >= 0.6 is 0 Å². The van der Waals surface area contributed by atoms with Crippen LogP contribution in [-0.4, -0.2) is 31.6 Å². The molecule has 1 unspecified atom stereocenters. The van der Waals surface area contributed by atoms with Crippen LogP contribution in [0.2, 0.25) is 0 Å². The van der Waals surface area contributed by atoms with Crippen LogP contribution in [0.1, 0.15) is 37.0 Å². The number of rotatable bonds is 8. The lowest BCUT2D eigenvalue weighted by Crippen LogP contribution is -2.31. The van der Waals surface area contributed by atoms with Gasteiger partial charge >= 0.3 is 0 Å². The third kappa shape index (κ3) is 5.01. The van der Waals surface area contributed by atoms with Crippen molar-refractivity contribution in [1.29, 1.82) is 0 Å². The van der Waals surface area contributed by atoms with Crippen LogP contribution in [0.25, 0.3) is 0 Å². The van der Waals surface area contributed by atoms with Gasteiger partial charge in [0.25, 0.3) is 0 Å². The first-order valence-electron chi connectivity index (χ1n) is 6.60. The van der Waals surface area contributed by atoms with Gasteiger partial charge in [0.05, 0.1) is 17.7 Å². The Balaban J connectivity index is 2.75. The third-order valence-corrected chi connectivity index (χ3v) is 2.72. The third-order valence-electron chi connectivity index (χ3n) is 2.72. The number of Topliss-reactive ketones (excluding diaryl/α,β-unsaturated/α-hetero) is 1. The molecule has 0 aliphatic heterocycles. The fraction of sp³-hybridized carbons (Fsp3) is 0.533. The maximum Gasteiger partial charge on any atom is 0.183 e. The molecule has 2 N–H and O–H groups in total. The Bertz CT molecular complexity index is 404. The maximum atomic E-state index is 12.3. The Morgan fingerprint density at radius 1 is 1.32 bits per heavy atom. The number of methoxy groups -OCH3 is 1. The highest BCUT2D eigenvalue weighted by Gasteiger charge is 2.19. The minimum Gasteiger partial charge on any atom is -0.490 e. The minimum atomic E-state index is -0.507. The van der Waals surface area contributed by atoms with Gasteiger partial charge in [-0.05, 0) is 38.8 Å². The van der Waals surface area contributed by atoms with Gasteiger partial charge in [0.2, 0.25) is 0 Å². The lowest BCUT2D eigenvalue weighted by Gasteiger charge is -2.16. The van der Waals surface area contributed by atoms with Crippen molar-refractivity contribution in [3.05, 3.63) is 29.8 Å². The molecule has 19 heavy (non-hydrogen) atoms. The van der Waals surface area contributed by atoms with E-state index in [0.717, 1.165) is 6.42 Å². The van der Waals surface area contributed by atoms with Gasteiger partial charge in [-0.2, -0.15) is 0 Å². The molecule has 0 radical (unpaired) electrons. The molecule has 0 heterocycles. The summed E-state index contributed by atoms with van der Waals surface area (Å²) < 4.78 is 10.6. The summed E-state index contributed by atoms with van der Waals surface area (Å²) in [7, 11) is 1.64. The topological polar surface area (TPSA) is 61.5 Å². The average molecular weight is 265 g/mol. The summed E-state index contributed by atoms with van der Waals surface area (Å²) in [5, 5.41) is 0. The number of benzene rings is 1. The molecule has 0 spiro atoms. The molecule has 0 amide bonds. The highest BCUT2D eigenvalue weighted by Crippen LogP contribution is 2.21. The van der Waals surface area contributed by atoms with Crippen LogP contribution in [0.4, 0.5) is 0 Å². The highest BCUT2D eigenvalue weighted by molar-refractivity contribution is 6.02. The lowest BCUT2D eigenvalue weighted by molar-refractivity contribution is 0.0944. The van der Waals surface area contributed by atoms with Crippen molar-refractivity contribution in [2.45, 2.75) is 38.8 Å². The van der Waals surface area contributed by atoms with Crippen LogP contribution in [0, 0.1) is 0 Å². The summed E-state index contributed by atoms with van der Waals surface area (Å²) >= 11 is 0. The van der Waals surface area contributed by atoms with Gasteiger partial charge in [-0.15, -0.1) is 0 Å². The molecule has 0 aliphatic rings. The number of carbonyl (C=O) groups is 1. The van der Waals surface area contributed by atoms with Gasteiger partial charge in [-0.3, -0.25) is 4.79 Å². The quantitative estimate of drug-likeness (QED) is 0.579. The highest BCUT2D eigenvalue weighted by atomic mass is 16.5. The van der Waals surface area contributed by atoms with Crippen LogP contribution in [0.15, 0.2) is 24.3 Å². The molecule has 0 fully saturated rings. The molecule has 106 valence electrons. The second-order valence-corrected chi connectivity index (χ2v) is 4.77. The molecule has 4 heteroatoms. The van der Waals surface area contributed by atoms with Crippen molar-refractivity contribution >= 4 is 5.78 Å². The predicted molar refractivity (Wildman–Crippen MR) is 75.6 cm³/mol. The smallest absolute Gasteiger partial charge is 0.183 e. The van der Waals surface area contributed by atoms with Crippen LogP contribution < -0.4 is 10.5 Å². The van der Waals surface area contributed by atoms with Crippen molar-refractivity contribution in [2.24, 2.45) is 5.73 Å². The molecule has 1 rings (SSSR count). The molecule has 1 aromatic carbocycles.